The molecule has 2 rings (SSSR count). The Morgan fingerprint density at radius 3 is 2.24 bits per heavy atom. The van der Waals surface area contributed by atoms with Gasteiger partial charge in [0.1, 0.15) is 11.6 Å². The predicted octanol–water partition coefficient (Wildman–Crippen LogP) is 3.88. The monoisotopic (exact) mass is 296 g/mol. The van der Waals surface area contributed by atoms with Gasteiger partial charge in [0.15, 0.2) is 0 Å². The third-order valence-corrected chi connectivity index (χ3v) is 4.90. The number of likely N-dealkylation sites (N-methyl/N-ethyl adjacent to an activating group) is 1. The van der Waals surface area contributed by atoms with E-state index in [-0.39, 0.29) is 17.1 Å². The van der Waals surface area contributed by atoms with Crippen LogP contribution in [0.5, 0.6) is 0 Å². The maximum atomic E-state index is 13.8. The molecule has 0 radical (unpaired) electrons. The molecule has 0 aliphatic heterocycles. The molecular formula is C17H26F2N2. The van der Waals surface area contributed by atoms with Crippen molar-refractivity contribution < 1.29 is 8.78 Å². The summed E-state index contributed by atoms with van der Waals surface area (Å²) in [6.45, 7) is 2.59. The number of nitrogens with one attached hydrogen (secondary N) is 1. The Hall–Kier alpha value is -1.00. The smallest absolute Gasteiger partial charge is 0.130 e. The van der Waals surface area contributed by atoms with Gasteiger partial charge in [0, 0.05) is 23.7 Å². The van der Waals surface area contributed by atoms with Crippen LogP contribution in [0.25, 0.3) is 0 Å². The van der Waals surface area contributed by atoms with Crippen molar-refractivity contribution in [3.8, 4) is 0 Å². The number of nitrogens with zero attached hydrogens (tertiary/aromatic N) is 1. The molecule has 2 nitrogen and oxygen atoms in total. The highest BCUT2D eigenvalue weighted by Crippen LogP contribution is 2.32. The zero-order chi connectivity index (χ0) is 15.5. The van der Waals surface area contributed by atoms with Crippen molar-refractivity contribution in [3.05, 3.63) is 35.4 Å². The molecule has 0 amide bonds. The highest BCUT2D eigenvalue weighted by atomic mass is 19.1. The average molecular weight is 296 g/mol. The summed E-state index contributed by atoms with van der Waals surface area (Å²) in [4.78, 5) is 2.27. The summed E-state index contributed by atoms with van der Waals surface area (Å²) in [5.74, 6) is -0.949. The Labute approximate surface area is 126 Å². The summed E-state index contributed by atoms with van der Waals surface area (Å²) in [7, 11) is 4.20. The minimum absolute atomic E-state index is 0.105. The molecule has 0 heterocycles. The van der Waals surface area contributed by atoms with Crippen LogP contribution in [0.3, 0.4) is 0 Å². The van der Waals surface area contributed by atoms with Crippen molar-refractivity contribution in [2.75, 3.05) is 20.6 Å². The summed E-state index contributed by atoms with van der Waals surface area (Å²) in [6, 6.07) is 3.71. The average Bonchev–Trinajstić information content (AvgIpc) is 2.46. The van der Waals surface area contributed by atoms with Crippen LogP contribution in [0.1, 0.15) is 50.6 Å². The van der Waals surface area contributed by atoms with E-state index in [1.807, 2.05) is 6.92 Å². The van der Waals surface area contributed by atoms with Gasteiger partial charge in [-0.3, -0.25) is 0 Å². The van der Waals surface area contributed by atoms with Gasteiger partial charge < -0.3 is 10.2 Å². The first-order valence-corrected chi connectivity index (χ1v) is 7.81. The van der Waals surface area contributed by atoms with Crippen LogP contribution in [-0.4, -0.2) is 31.1 Å². The van der Waals surface area contributed by atoms with Crippen molar-refractivity contribution in [2.24, 2.45) is 0 Å². The van der Waals surface area contributed by atoms with Crippen molar-refractivity contribution >= 4 is 0 Å². The van der Waals surface area contributed by atoms with Gasteiger partial charge >= 0.3 is 0 Å². The molecule has 118 valence electrons. The van der Waals surface area contributed by atoms with E-state index in [2.05, 4.69) is 24.3 Å². The molecule has 1 atom stereocenters. The largest absolute Gasteiger partial charge is 0.308 e. The van der Waals surface area contributed by atoms with E-state index in [9.17, 15) is 8.78 Å². The van der Waals surface area contributed by atoms with E-state index in [1.165, 1.54) is 37.5 Å². The maximum absolute atomic E-state index is 13.8. The molecule has 1 aliphatic rings. The molecule has 0 spiro atoms. The molecule has 1 saturated carbocycles. The van der Waals surface area contributed by atoms with E-state index in [0.717, 1.165) is 19.4 Å². The zero-order valence-electron chi connectivity index (χ0n) is 13.3. The van der Waals surface area contributed by atoms with Gasteiger partial charge in [0.05, 0.1) is 0 Å². The van der Waals surface area contributed by atoms with Gasteiger partial charge in [-0.15, -0.1) is 0 Å². The second kappa shape index (κ2) is 6.84. The van der Waals surface area contributed by atoms with Crippen LogP contribution in [-0.2, 0) is 0 Å². The van der Waals surface area contributed by atoms with Gasteiger partial charge in [-0.1, -0.05) is 25.3 Å². The molecular weight excluding hydrogens is 270 g/mol. The first kappa shape index (κ1) is 16.4. The molecule has 1 fully saturated rings. The highest BCUT2D eigenvalue weighted by molar-refractivity contribution is 5.22. The summed E-state index contributed by atoms with van der Waals surface area (Å²) in [6.07, 6.45) is 6.01. The summed E-state index contributed by atoms with van der Waals surface area (Å²) in [5, 5.41) is 3.35. The minimum Gasteiger partial charge on any atom is -0.308 e. The van der Waals surface area contributed by atoms with Crippen molar-refractivity contribution in [1.29, 1.82) is 0 Å². The number of rotatable bonds is 5. The van der Waals surface area contributed by atoms with Crippen molar-refractivity contribution in [1.82, 2.24) is 10.2 Å². The molecule has 0 bridgehead atoms. The third-order valence-electron chi connectivity index (χ3n) is 4.90. The fourth-order valence-corrected chi connectivity index (χ4v) is 3.36. The molecule has 1 aliphatic carbocycles. The summed E-state index contributed by atoms with van der Waals surface area (Å²) >= 11 is 0. The lowest BCUT2D eigenvalue weighted by atomic mass is 9.80. The molecule has 1 aromatic carbocycles. The Kier molecular flexibility index (Phi) is 5.33. The molecule has 4 heteroatoms. The number of hydrogen-bond donors (Lipinski definition) is 1. The van der Waals surface area contributed by atoms with Gasteiger partial charge in [0.2, 0.25) is 0 Å². The number of benzene rings is 1. The highest BCUT2D eigenvalue weighted by Gasteiger charge is 2.34. The second-order valence-corrected chi connectivity index (χ2v) is 6.42. The lowest BCUT2D eigenvalue weighted by molar-refractivity contribution is 0.0955. The topological polar surface area (TPSA) is 15.3 Å². The SMILES string of the molecule is CC(NCC1(N(C)C)CCCCC1)c1c(F)cccc1F. The van der Waals surface area contributed by atoms with Crippen LogP contribution in [0.2, 0.25) is 0 Å². The van der Waals surface area contributed by atoms with E-state index >= 15 is 0 Å². The minimum atomic E-state index is -0.474. The van der Waals surface area contributed by atoms with E-state index in [4.69, 9.17) is 0 Å². The number of halogens is 2. The standard InChI is InChI=1S/C17H26F2N2/c1-13(16-14(18)8-7-9-15(16)19)20-12-17(21(2)3)10-5-4-6-11-17/h7-9,13,20H,4-6,10-12H2,1-3H3. The molecule has 21 heavy (non-hydrogen) atoms. The molecule has 1 aromatic rings. The molecule has 0 saturated heterocycles. The van der Waals surface area contributed by atoms with Crippen LogP contribution in [0.15, 0.2) is 18.2 Å². The van der Waals surface area contributed by atoms with Crippen LogP contribution >= 0.6 is 0 Å². The Morgan fingerprint density at radius 2 is 1.71 bits per heavy atom. The van der Waals surface area contributed by atoms with Crippen LogP contribution < -0.4 is 5.32 Å². The lowest BCUT2D eigenvalue weighted by Gasteiger charge is -2.44. The van der Waals surface area contributed by atoms with E-state index in [0.29, 0.717) is 0 Å². The van der Waals surface area contributed by atoms with Gasteiger partial charge in [-0.2, -0.15) is 0 Å². The second-order valence-electron chi connectivity index (χ2n) is 6.42. The fraction of sp³-hybridized carbons (Fsp3) is 0.647. The number of hydrogen-bond acceptors (Lipinski definition) is 2. The zero-order valence-corrected chi connectivity index (χ0v) is 13.3. The quantitative estimate of drug-likeness (QED) is 0.887. The first-order valence-electron chi connectivity index (χ1n) is 7.81. The fourth-order valence-electron chi connectivity index (χ4n) is 3.36. The van der Waals surface area contributed by atoms with Gasteiger partial charge in [-0.25, -0.2) is 8.78 Å². The van der Waals surface area contributed by atoms with Gasteiger partial charge in [-0.05, 0) is 46.0 Å². The Bertz CT molecular complexity index is 448. The van der Waals surface area contributed by atoms with Gasteiger partial charge in [0.25, 0.3) is 0 Å². The third kappa shape index (κ3) is 3.61. The van der Waals surface area contributed by atoms with Crippen LogP contribution in [0.4, 0.5) is 8.78 Å². The normalized spacial score (nSPS) is 19.7. The lowest BCUT2D eigenvalue weighted by Crippen LogP contribution is -2.53. The van der Waals surface area contributed by atoms with Crippen molar-refractivity contribution in [3.63, 3.8) is 0 Å². The molecule has 1 unspecified atom stereocenters. The first-order chi connectivity index (χ1) is 9.96. The molecule has 1 N–H and O–H groups in total. The summed E-state index contributed by atoms with van der Waals surface area (Å²) < 4.78 is 27.7. The predicted molar refractivity (Wildman–Crippen MR) is 82.3 cm³/mol. The van der Waals surface area contributed by atoms with Crippen LogP contribution in [0, 0.1) is 11.6 Å². The Balaban J connectivity index is 2.07. The molecule has 0 aromatic heterocycles. The maximum Gasteiger partial charge on any atom is 0.130 e. The Morgan fingerprint density at radius 1 is 1.14 bits per heavy atom. The van der Waals surface area contributed by atoms with E-state index in [1.54, 1.807) is 0 Å². The van der Waals surface area contributed by atoms with Crippen molar-refractivity contribution in [2.45, 2.75) is 50.6 Å². The van der Waals surface area contributed by atoms with E-state index < -0.39 is 11.6 Å². The summed E-state index contributed by atoms with van der Waals surface area (Å²) in [5.41, 5.74) is 0.246.